The van der Waals surface area contributed by atoms with Crippen LogP contribution in [0.4, 0.5) is 5.69 Å². The van der Waals surface area contributed by atoms with Gasteiger partial charge in [0.05, 0.1) is 12.3 Å². The van der Waals surface area contributed by atoms with E-state index in [0.717, 1.165) is 0 Å². The van der Waals surface area contributed by atoms with Crippen molar-refractivity contribution in [2.45, 2.75) is 12.5 Å². The van der Waals surface area contributed by atoms with E-state index in [4.69, 9.17) is 28.3 Å². The van der Waals surface area contributed by atoms with E-state index < -0.39 is 5.60 Å². The summed E-state index contributed by atoms with van der Waals surface area (Å²) in [5, 5.41) is 28.6. The van der Waals surface area contributed by atoms with E-state index in [1.165, 1.54) is 13.0 Å². The van der Waals surface area contributed by atoms with E-state index in [-0.39, 0.29) is 23.5 Å². The zero-order valence-electron chi connectivity index (χ0n) is 8.04. The van der Waals surface area contributed by atoms with Crippen molar-refractivity contribution in [3.8, 4) is 0 Å². The first-order valence-electron chi connectivity index (χ1n) is 4.20. The largest absolute Gasteiger partial charge is 0.393 e. The minimum Gasteiger partial charge on any atom is -0.393 e. The minimum atomic E-state index is -1.22. The van der Waals surface area contributed by atoms with Gasteiger partial charge < -0.3 is 15.5 Å². The maximum Gasteiger partial charge on any atom is 0.174 e. The van der Waals surface area contributed by atoms with Gasteiger partial charge in [-0.2, -0.15) is 0 Å². The molecule has 1 heterocycles. The van der Waals surface area contributed by atoms with Gasteiger partial charge in [0.2, 0.25) is 0 Å². The van der Waals surface area contributed by atoms with Gasteiger partial charge in [-0.25, -0.2) is 0 Å². The van der Waals surface area contributed by atoms with E-state index in [1.807, 2.05) is 0 Å². The fraction of sp³-hybridized carbons (Fsp3) is 0.500. The Morgan fingerprint density at radius 1 is 1.47 bits per heavy atom. The standard InChI is InChI=1S/C8H11Cl2N3O2/c1-8(15,4-14)3-11-5-2-6(9)12-13-7(5)10/h2,14-15H,3-4H2,1H3,(H,11,12). The third-order valence-corrected chi connectivity index (χ3v) is 2.18. The number of hydrogen-bond donors (Lipinski definition) is 3. The fourth-order valence-corrected chi connectivity index (χ4v) is 1.12. The van der Waals surface area contributed by atoms with Gasteiger partial charge in [-0.3, -0.25) is 0 Å². The van der Waals surface area contributed by atoms with Crippen molar-refractivity contribution < 1.29 is 10.2 Å². The van der Waals surface area contributed by atoms with Gasteiger partial charge in [-0.15, -0.1) is 10.2 Å². The van der Waals surface area contributed by atoms with Crippen LogP contribution in [-0.2, 0) is 0 Å². The van der Waals surface area contributed by atoms with Crippen molar-refractivity contribution in [3.63, 3.8) is 0 Å². The second-order valence-electron chi connectivity index (χ2n) is 3.38. The number of nitrogens with one attached hydrogen (secondary N) is 1. The first-order valence-corrected chi connectivity index (χ1v) is 4.96. The van der Waals surface area contributed by atoms with Crippen molar-refractivity contribution in [2.75, 3.05) is 18.5 Å². The SMILES string of the molecule is CC(O)(CO)CNc1cc(Cl)nnc1Cl. The second kappa shape index (κ2) is 4.94. The first-order chi connectivity index (χ1) is 6.94. The molecule has 1 aromatic heterocycles. The molecule has 5 nitrogen and oxygen atoms in total. The minimum absolute atomic E-state index is 0.130. The Hall–Kier alpha value is -0.620. The van der Waals surface area contributed by atoms with E-state index in [2.05, 4.69) is 15.5 Å². The highest BCUT2D eigenvalue weighted by molar-refractivity contribution is 6.33. The lowest BCUT2D eigenvalue weighted by atomic mass is 10.1. The van der Waals surface area contributed by atoms with Gasteiger partial charge >= 0.3 is 0 Å². The summed E-state index contributed by atoms with van der Waals surface area (Å²) in [6, 6.07) is 1.49. The van der Waals surface area contributed by atoms with Gasteiger partial charge in [0.25, 0.3) is 0 Å². The normalized spacial score (nSPS) is 14.7. The first kappa shape index (κ1) is 12.4. The van der Waals surface area contributed by atoms with Crippen LogP contribution in [0.25, 0.3) is 0 Å². The molecule has 84 valence electrons. The quantitative estimate of drug-likeness (QED) is 0.743. The Kier molecular flexibility index (Phi) is 4.10. The van der Waals surface area contributed by atoms with Crippen molar-refractivity contribution in [1.82, 2.24) is 10.2 Å². The highest BCUT2D eigenvalue weighted by Gasteiger charge is 2.19. The van der Waals surface area contributed by atoms with E-state index >= 15 is 0 Å². The van der Waals surface area contributed by atoms with Gasteiger partial charge in [-0.1, -0.05) is 23.2 Å². The van der Waals surface area contributed by atoms with E-state index in [9.17, 15) is 5.11 Å². The molecule has 0 aromatic carbocycles. The molecule has 7 heteroatoms. The Bertz CT molecular complexity index is 347. The van der Waals surface area contributed by atoms with E-state index in [0.29, 0.717) is 5.69 Å². The topological polar surface area (TPSA) is 78.3 Å². The molecule has 1 aromatic rings. The van der Waals surface area contributed by atoms with Crippen LogP contribution >= 0.6 is 23.2 Å². The number of aliphatic hydroxyl groups is 2. The summed E-state index contributed by atoms with van der Waals surface area (Å²) in [6.45, 7) is 1.26. The number of anilines is 1. The summed E-state index contributed by atoms with van der Waals surface area (Å²) < 4.78 is 0. The molecular formula is C8H11Cl2N3O2. The second-order valence-corrected chi connectivity index (χ2v) is 4.13. The van der Waals surface area contributed by atoms with E-state index in [1.54, 1.807) is 0 Å². The van der Waals surface area contributed by atoms with Crippen LogP contribution in [0.1, 0.15) is 6.92 Å². The molecule has 0 radical (unpaired) electrons. The zero-order chi connectivity index (χ0) is 11.5. The molecule has 0 saturated carbocycles. The van der Waals surface area contributed by atoms with Crippen LogP contribution in [0.5, 0.6) is 0 Å². The lowest BCUT2D eigenvalue weighted by molar-refractivity contribution is 0.0132. The summed E-state index contributed by atoms with van der Waals surface area (Å²) in [7, 11) is 0. The van der Waals surface area contributed by atoms with Crippen LogP contribution in [0, 0.1) is 0 Å². The molecule has 0 spiro atoms. The maximum absolute atomic E-state index is 9.52. The van der Waals surface area contributed by atoms with Crippen molar-refractivity contribution >= 4 is 28.9 Å². The number of rotatable bonds is 4. The number of nitrogens with zero attached hydrogens (tertiary/aromatic N) is 2. The summed E-state index contributed by atoms with van der Waals surface area (Å²) in [6.07, 6.45) is 0. The van der Waals surface area contributed by atoms with Crippen molar-refractivity contribution in [2.24, 2.45) is 0 Å². The number of hydrogen-bond acceptors (Lipinski definition) is 5. The van der Waals surface area contributed by atoms with Crippen LogP contribution < -0.4 is 5.32 Å². The highest BCUT2D eigenvalue weighted by atomic mass is 35.5. The van der Waals surface area contributed by atoms with Crippen LogP contribution in [-0.4, -0.2) is 39.2 Å². The fourth-order valence-electron chi connectivity index (χ4n) is 0.819. The van der Waals surface area contributed by atoms with Gasteiger partial charge in [-0.05, 0) is 6.92 Å². The highest BCUT2D eigenvalue weighted by Crippen LogP contribution is 2.21. The molecule has 0 saturated heterocycles. The molecular weight excluding hydrogens is 241 g/mol. The lowest BCUT2D eigenvalue weighted by Crippen LogP contribution is -2.37. The summed E-state index contributed by atoms with van der Waals surface area (Å²) >= 11 is 11.3. The molecule has 0 amide bonds. The molecule has 0 fully saturated rings. The molecule has 1 unspecified atom stereocenters. The predicted molar refractivity (Wildman–Crippen MR) is 58.3 cm³/mol. The lowest BCUT2D eigenvalue weighted by Gasteiger charge is -2.21. The van der Waals surface area contributed by atoms with Gasteiger partial charge in [0.15, 0.2) is 10.3 Å². The number of aromatic nitrogens is 2. The maximum atomic E-state index is 9.52. The number of halogens is 2. The van der Waals surface area contributed by atoms with Crippen molar-refractivity contribution in [1.29, 1.82) is 0 Å². The predicted octanol–water partition coefficient (Wildman–Crippen LogP) is 0.939. The smallest absolute Gasteiger partial charge is 0.174 e. The molecule has 0 aliphatic rings. The third kappa shape index (κ3) is 3.79. The zero-order valence-corrected chi connectivity index (χ0v) is 9.55. The average molecular weight is 252 g/mol. The molecule has 15 heavy (non-hydrogen) atoms. The Labute approximate surface area is 97.0 Å². The average Bonchev–Trinajstić information content (AvgIpc) is 2.20. The summed E-state index contributed by atoms with van der Waals surface area (Å²) in [4.78, 5) is 0. The van der Waals surface area contributed by atoms with Gasteiger partial charge in [0.1, 0.15) is 5.60 Å². The van der Waals surface area contributed by atoms with Crippen LogP contribution in [0.15, 0.2) is 6.07 Å². The molecule has 0 bridgehead atoms. The molecule has 1 rings (SSSR count). The van der Waals surface area contributed by atoms with Gasteiger partial charge in [0, 0.05) is 12.6 Å². The monoisotopic (exact) mass is 251 g/mol. The van der Waals surface area contributed by atoms with Crippen LogP contribution in [0.3, 0.4) is 0 Å². The molecule has 1 atom stereocenters. The summed E-state index contributed by atoms with van der Waals surface area (Å²) in [5.41, 5.74) is -0.760. The summed E-state index contributed by atoms with van der Waals surface area (Å²) in [5.74, 6) is 0. The Morgan fingerprint density at radius 2 is 2.13 bits per heavy atom. The number of aliphatic hydroxyl groups excluding tert-OH is 1. The third-order valence-electron chi connectivity index (χ3n) is 1.72. The molecule has 3 N–H and O–H groups in total. The van der Waals surface area contributed by atoms with Crippen LogP contribution in [0.2, 0.25) is 10.3 Å². The Morgan fingerprint density at radius 3 is 2.73 bits per heavy atom. The Balaban J connectivity index is 2.69. The molecule has 0 aliphatic heterocycles. The molecule has 0 aliphatic carbocycles. The van der Waals surface area contributed by atoms with Crippen molar-refractivity contribution in [3.05, 3.63) is 16.4 Å².